The van der Waals surface area contributed by atoms with Gasteiger partial charge in [0.2, 0.25) is 53.2 Å². The first kappa shape index (κ1) is 108. The lowest BCUT2D eigenvalue weighted by molar-refractivity contribution is -0.150. The lowest BCUT2D eigenvalue weighted by Crippen LogP contribution is -2.60. The molecule has 4 aromatic carbocycles. The van der Waals surface area contributed by atoms with Crippen LogP contribution in [0.25, 0.3) is 0 Å². The van der Waals surface area contributed by atoms with E-state index < -0.39 is 77.6 Å². The van der Waals surface area contributed by atoms with Crippen LogP contribution in [0.4, 0.5) is 11.4 Å². The van der Waals surface area contributed by atoms with Gasteiger partial charge in [-0.05, 0) is 190 Å². The Hall–Kier alpha value is -9.24. The first-order chi connectivity index (χ1) is 64.9. The Morgan fingerprint density at radius 3 is 1.70 bits per heavy atom. The van der Waals surface area contributed by atoms with Crippen molar-refractivity contribution in [3.63, 3.8) is 0 Å². The molecule has 11 N–H and O–H groups in total. The van der Waals surface area contributed by atoms with Crippen LogP contribution in [-0.4, -0.2) is 250 Å². The van der Waals surface area contributed by atoms with Crippen LogP contribution >= 0.6 is 7.60 Å². The molecule has 10 atom stereocenters. The van der Waals surface area contributed by atoms with Crippen molar-refractivity contribution < 1.29 is 105 Å². The number of nitrogens with zero attached hydrogens (tertiary/aromatic N) is 3. The number of hydrogen-bond acceptors (Lipinski definition) is 23. The molecule has 3 saturated carbocycles. The van der Waals surface area contributed by atoms with Crippen LogP contribution in [-0.2, 0) is 125 Å². The number of para-hydroxylation sites is 1. The Balaban J connectivity index is 0.655. The quantitative estimate of drug-likeness (QED) is 0.00491. The van der Waals surface area contributed by atoms with Crippen LogP contribution in [0.2, 0.25) is 0 Å². The van der Waals surface area contributed by atoms with E-state index in [4.69, 9.17) is 68.0 Å². The zero-order chi connectivity index (χ0) is 96.8. The number of aliphatic imine (C=N–C) groups is 1. The third-order valence-electron chi connectivity index (χ3n) is 27.3. The molecule has 0 spiro atoms. The fourth-order valence-corrected chi connectivity index (χ4v) is 20.3. The third-order valence-corrected chi connectivity index (χ3v) is 28.0. The van der Waals surface area contributed by atoms with E-state index >= 15 is 4.79 Å². The zero-order valence-corrected chi connectivity index (χ0v) is 81.3. The smallest absolute Gasteiger partial charge is 0.327 e. The van der Waals surface area contributed by atoms with E-state index in [0.717, 1.165) is 98.4 Å². The number of fused-ring (bicyclic) bond motifs is 8. The molecule has 0 saturated heterocycles. The summed E-state index contributed by atoms with van der Waals surface area (Å²) in [6.45, 7) is 21.3. The molecule has 135 heavy (non-hydrogen) atoms. The summed E-state index contributed by atoms with van der Waals surface area (Å²) in [5.41, 5.74) is 8.79. The maximum Gasteiger partial charge on any atom is 0.327 e. The number of rotatable bonds is 54. The summed E-state index contributed by atoms with van der Waals surface area (Å²) in [5.74, 6) is 8.43. The Bertz CT molecular complexity index is 4790. The number of hydrazone groups is 1. The number of unbranched alkanes of at least 4 members (excludes halogenated alkanes) is 1. The van der Waals surface area contributed by atoms with Gasteiger partial charge in [-0.15, -0.1) is 0 Å². The number of nitrogens with one attached hydrogen (secondary N) is 7. The molecule has 10 rings (SSSR count). The summed E-state index contributed by atoms with van der Waals surface area (Å²) in [5, 5.41) is 24.5. The largest absolute Gasteiger partial charge is 0.379 e. The zero-order valence-electron chi connectivity index (χ0n) is 80.4. The van der Waals surface area contributed by atoms with Gasteiger partial charge in [0.05, 0.1) is 160 Å². The first-order valence-corrected chi connectivity index (χ1v) is 50.2. The molecule has 0 bridgehead atoms. The Morgan fingerprint density at radius 1 is 0.533 bits per heavy atom. The molecule has 1 aliphatic heterocycles. The maximum absolute atomic E-state index is 15.0. The number of carbonyl (C=O) groups is 9. The molecule has 6 aliphatic rings. The van der Waals surface area contributed by atoms with Gasteiger partial charge in [0.1, 0.15) is 36.5 Å². The minimum atomic E-state index is -4.08. The van der Waals surface area contributed by atoms with Gasteiger partial charge in [-0.2, -0.15) is 5.10 Å². The summed E-state index contributed by atoms with van der Waals surface area (Å²) < 4.78 is 67.2. The molecule has 9 amide bonds. The number of hydrogen-bond donors (Lipinski definition) is 10. The van der Waals surface area contributed by atoms with Gasteiger partial charge in [0, 0.05) is 49.2 Å². The van der Waals surface area contributed by atoms with Gasteiger partial charge in [-0.1, -0.05) is 139 Å². The van der Waals surface area contributed by atoms with Crippen LogP contribution in [0.1, 0.15) is 215 Å². The summed E-state index contributed by atoms with van der Waals surface area (Å²) in [7, 11) is -4.08. The Kier molecular flexibility index (Phi) is 43.3. The van der Waals surface area contributed by atoms with Gasteiger partial charge in [0.15, 0.2) is 0 Å². The number of nitrogens with two attached hydrogens (primary N) is 1. The summed E-state index contributed by atoms with van der Waals surface area (Å²) in [4.78, 5) is 151. The topological polar surface area (TPSA) is 442 Å². The molecular weight excluding hydrogens is 1750 g/mol. The summed E-state index contributed by atoms with van der Waals surface area (Å²) in [6.07, 6.45) is 11.7. The number of amides is 9. The predicted molar refractivity (Wildman–Crippen MR) is 513 cm³/mol. The standard InChI is InChI=1S/C101H146N11O22P/c1-70(2)91(95(119)106-72(4)93(117)107-78-34-31-75-33-36-86-99(6,80(75)67-78)41-19-43-101(86,8)97(121)110-96(120)100(7)42-18-40-98(5)79-66-71(3)27-28-74(79)32-35-85(98)100)109-94(118)82(24-16-17-44-104-89(115)69-134-84-26-11-9-10-23-81(92(84)111-102)103-45-48-126-51-54-129-58-59-131-60-61-132-62-63-133-64-65-135(122,123)124)108-88(114)39-47-125-50-53-128-56-57-130-55-52-127-49-46-105-87(113)37-38-90(116)112-68-77-22-13-12-20-73(77)29-30-76-21-14-15-25-83(76)112/h12-15,20-22,25,27-28,31,34,66-67,70,72,82,84-86,91H,9-11,16-19,23-24,26,32-33,35-65,68-69,102H2,1-8H3,(H,104,115)(H,105,113)(H,106,119)(H,107,117)(H,108,114)(H,109,118)(H,110,120,121)(H2,122,123,124)/t72-,82+,84?,85+,86+,91-,98+,99+,100-,101-/m0/s1. The molecule has 0 aromatic heterocycles. The minimum absolute atomic E-state index is 0.00223. The predicted octanol–water partition coefficient (Wildman–Crippen LogP) is 9.38. The molecular formula is C101H146N11O22P. The molecule has 5 aliphatic carbocycles. The van der Waals surface area contributed by atoms with E-state index in [-0.39, 0.29) is 171 Å². The monoisotopic (exact) mass is 1900 g/mol. The average molecular weight is 1900 g/mol. The van der Waals surface area contributed by atoms with E-state index in [1.54, 1.807) is 25.7 Å². The molecule has 4 aromatic rings. The molecule has 33 nitrogen and oxygen atoms in total. The number of carbonyl (C=O) groups excluding carboxylic acids is 9. The lowest BCUT2D eigenvalue weighted by atomic mass is 9.49. The third kappa shape index (κ3) is 32.2. The fraction of sp³-hybridized carbons (Fsp3) is 0.634. The number of ether oxygens (including phenoxy) is 10. The second-order valence-corrected chi connectivity index (χ2v) is 39.2. The van der Waals surface area contributed by atoms with E-state index in [1.807, 2.05) is 73.7 Å². The second-order valence-electron chi connectivity index (χ2n) is 37.4. The van der Waals surface area contributed by atoms with Gasteiger partial charge in [0.25, 0.3) is 0 Å². The molecule has 1 unspecified atom stereocenters. The lowest BCUT2D eigenvalue weighted by Gasteiger charge is -2.56. The molecule has 0 radical (unpaired) electrons. The number of imide groups is 1. The van der Waals surface area contributed by atoms with E-state index in [9.17, 15) is 42.9 Å². The minimum Gasteiger partial charge on any atom is -0.379 e. The highest BCUT2D eigenvalue weighted by Gasteiger charge is 2.59. The van der Waals surface area contributed by atoms with Crippen molar-refractivity contribution in [2.45, 2.75) is 232 Å². The SMILES string of the molecule is Cc1ccc2c(c1)[C@@]1(C)CCC[C@](C)(C(=O)NC(=O)[C@@]3(C)CCC[C@]4(C)c5cc(NC(=O)[C@H](C)NC(=O)[C@@H](NC(=O)[C@@H](CCCCNC(=O)COC6CCCCCC(=NCCOCCOCCOCCOCCOCCP(=O)(O)O)C6=NN)NC(=O)CCOCCOCCOCCOCCNC(=O)CCC(=O)N6Cc7ccccc7C#Cc7ccccc76)C(C)C)ccc5CC[C@@H]34)[C@@H]1CC2. The average Bonchev–Trinajstić information content (AvgIpc) is 0.717. The van der Waals surface area contributed by atoms with E-state index in [1.165, 1.54) is 16.7 Å². The second kappa shape index (κ2) is 54.2. The van der Waals surface area contributed by atoms with Gasteiger partial charge >= 0.3 is 7.60 Å². The van der Waals surface area contributed by atoms with Gasteiger partial charge < -0.3 is 99.8 Å². The summed E-state index contributed by atoms with van der Waals surface area (Å²) in [6, 6.07) is 24.5. The molecule has 34 heteroatoms. The highest BCUT2D eigenvalue weighted by molar-refractivity contribution is 7.51. The van der Waals surface area contributed by atoms with Crippen molar-refractivity contribution in [1.82, 2.24) is 31.9 Å². The molecule has 742 valence electrons. The van der Waals surface area contributed by atoms with Gasteiger partial charge in [-0.25, -0.2) is 0 Å². The number of benzene rings is 4. The maximum atomic E-state index is 15.0. The normalized spacial score (nSPS) is 22.0. The van der Waals surface area contributed by atoms with Crippen molar-refractivity contribution in [1.29, 1.82) is 0 Å². The molecule has 3 fully saturated rings. The first-order valence-electron chi connectivity index (χ1n) is 48.4. The Labute approximate surface area is 795 Å². The van der Waals surface area contributed by atoms with Crippen LogP contribution in [0.3, 0.4) is 0 Å². The van der Waals surface area contributed by atoms with Gasteiger partial charge in [-0.3, -0.25) is 58.0 Å². The highest BCUT2D eigenvalue weighted by Crippen LogP contribution is 2.60. The van der Waals surface area contributed by atoms with Crippen molar-refractivity contribution in [2.75, 3.05) is 162 Å². The fourth-order valence-electron chi connectivity index (χ4n) is 19.9. The van der Waals surface area contributed by atoms with Crippen LogP contribution in [0.15, 0.2) is 95.0 Å². The van der Waals surface area contributed by atoms with Crippen molar-refractivity contribution in [3.8, 4) is 11.8 Å². The Morgan fingerprint density at radius 2 is 1.09 bits per heavy atom. The van der Waals surface area contributed by atoms with Crippen molar-refractivity contribution >= 4 is 83.6 Å². The number of anilines is 2. The van der Waals surface area contributed by atoms with Crippen molar-refractivity contribution in [3.05, 3.63) is 129 Å². The van der Waals surface area contributed by atoms with E-state index in [2.05, 4.69) is 100 Å². The highest BCUT2D eigenvalue weighted by atomic mass is 31.2. The van der Waals surface area contributed by atoms with E-state index in [0.29, 0.717) is 121 Å². The number of aryl methyl sites for hydroxylation is 3. The molecule has 1 heterocycles. The van der Waals surface area contributed by atoms with Crippen LogP contribution < -0.4 is 48.0 Å². The summed E-state index contributed by atoms with van der Waals surface area (Å²) >= 11 is 0. The van der Waals surface area contributed by atoms with Crippen LogP contribution in [0.5, 0.6) is 0 Å². The van der Waals surface area contributed by atoms with Crippen molar-refractivity contribution in [2.24, 2.45) is 44.5 Å². The van der Waals surface area contributed by atoms with Crippen LogP contribution in [0, 0.1) is 47.3 Å².